The van der Waals surface area contributed by atoms with E-state index in [9.17, 15) is 9.59 Å². The number of imidazole rings is 1. The second-order valence-corrected chi connectivity index (χ2v) is 8.04. The molecule has 0 bridgehead atoms. The van der Waals surface area contributed by atoms with E-state index in [0.29, 0.717) is 34.3 Å². The van der Waals surface area contributed by atoms with Gasteiger partial charge in [-0.1, -0.05) is 23.2 Å². The van der Waals surface area contributed by atoms with Gasteiger partial charge in [0.15, 0.2) is 0 Å². The van der Waals surface area contributed by atoms with Crippen molar-refractivity contribution in [2.24, 2.45) is 0 Å². The second kappa shape index (κ2) is 7.53. The average molecular weight is 419 g/mol. The maximum absolute atomic E-state index is 12.8. The number of hydrogen-bond acceptors (Lipinski definition) is 3. The molecule has 1 aliphatic rings. The molecule has 146 valence electrons. The minimum atomic E-state index is -0.179. The summed E-state index contributed by atoms with van der Waals surface area (Å²) in [6, 6.07) is 10.4. The van der Waals surface area contributed by atoms with Gasteiger partial charge in [-0.3, -0.25) is 9.36 Å². The molecule has 1 atom stereocenters. The van der Waals surface area contributed by atoms with Gasteiger partial charge in [0.2, 0.25) is 5.91 Å². The molecular weight excluding hydrogens is 399 g/mol. The number of fused-ring (bicyclic) bond motifs is 1. The van der Waals surface area contributed by atoms with Crippen LogP contribution in [0.15, 0.2) is 41.2 Å². The first kappa shape index (κ1) is 18.9. The molecule has 0 aliphatic carbocycles. The van der Waals surface area contributed by atoms with Crippen molar-refractivity contribution in [2.75, 3.05) is 18.8 Å². The highest BCUT2D eigenvalue weighted by Gasteiger charge is 2.27. The highest BCUT2D eigenvalue weighted by Crippen LogP contribution is 2.26. The van der Waals surface area contributed by atoms with Gasteiger partial charge in [-0.25, -0.2) is 4.79 Å². The van der Waals surface area contributed by atoms with Crippen LogP contribution in [0.5, 0.6) is 0 Å². The summed E-state index contributed by atoms with van der Waals surface area (Å²) in [6.45, 7) is 1.16. The Balaban J connectivity index is 1.55. The number of carbonyl (C=O) groups is 1. The number of H-pyrrole nitrogens is 1. The number of carbonyl (C=O) groups excluding carboxylic acids is 1. The zero-order valence-corrected chi connectivity index (χ0v) is 16.6. The minimum absolute atomic E-state index is 0.000156. The van der Waals surface area contributed by atoms with Crippen LogP contribution in [-0.2, 0) is 11.2 Å². The Morgan fingerprint density at radius 2 is 1.93 bits per heavy atom. The summed E-state index contributed by atoms with van der Waals surface area (Å²) in [6.07, 6.45) is 1.90. The van der Waals surface area contributed by atoms with E-state index < -0.39 is 0 Å². The van der Waals surface area contributed by atoms with Crippen molar-refractivity contribution in [3.05, 3.63) is 62.5 Å². The van der Waals surface area contributed by atoms with E-state index in [4.69, 9.17) is 28.9 Å². The summed E-state index contributed by atoms with van der Waals surface area (Å²) in [4.78, 5) is 30.0. The standard InChI is InChI=1S/C20H20Cl2N4O2/c21-13-6-12(7-14(22)9-13)8-19(27)25-5-1-2-16(11-25)26-18-4-3-15(23)10-17(18)24-20(26)28/h3-4,6-7,9-10,16H,1-2,5,8,11,23H2,(H,24,28)/t16-/m0/s1. The van der Waals surface area contributed by atoms with Gasteiger partial charge in [0.25, 0.3) is 0 Å². The molecule has 4 rings (SSSR count). The molecule has 0 spiro atoms. The van der Waals surface area contributed by atoms with Crippen molar-refractivity contribution in [3.63, 3.8) is 0 Å². The number of amides is 1. The Morgan fingerprint density at radius 3 is 2.68 bits per heavy atom. The predicted molar refractivity (Wildman–Crippen MR) is 112 cm³/mol. The summed E-state index contributed by atoms with van der Waals surface area (Å²) < 4.78 is 1.74. The van der Waals surface area contributed by atoms with Crippen LogP contribution in [0.1, 0.15) is 24.4 Å². The molecule has 2 heterocycles. The first-order chi connectivity index (χ1) is 13.4. The Labute approximate surface area is 171 Å². The van der Waals surface area contributed by atoms with Crippen LogP contribution in [0.4, 0.5) is 5.69 Å². The smallest absolute Gasteiger partial charge is 0.326 e. The molecule has 3 aromatic rings. The lowest BCUT2D eigenvalue weighted by Gasteiger charge is -2.33. The number of rotatable bonds is 3. The summed E-state index contributed by atoms with van der Waals surface area (Å²) in [5.74, 6) is 0.000156. The van der Waals surface area contributed by atoms with Crippen molar-refractivity contribution in [3.8, 4) is 0 Å². The van der Waals surface area contributed by atoms with E-state index in [1.807, 2.05) is 11.0 Å². The van der Waals surface area contributed by atoms with Gasteiger partial charge in [0.05, 0.1) is 23.5 Å². The maximum atomic E-state index is 12.8. The van der Waals surface area contributed by atoms with Gasteiger partial charge < -0.3 is 15.6 Å². The van der Waals surface area contributed by atoms with Crippen LogP contribution >= 0.6 is 23.2 Å². The van der Waals surface area contributed by atoms with Crippen LogP contribution in [-0.4, -0.2) is 33.4 Å². The predicted octanol–water partition coefficient (Wildman–Crippen LogP) is 3.62. The molecule has 3 N–H and O–H groups in total. The first-order valence-electron chi connectivity index (χ1n) is 9.13. The molecule has 1 aromatic heterocycles. The number of nitrogens with one attached hydrogen (secondary N) is 1. The molecule has 28 heavy (non-hydrogen) atoms. The largest absolute Gasteiger partial charge is 0.399 e. The number of nitrogens with two attached hydrogens (primary N) is 1. The highest BCUT2D eigenvalue weighted by atomic mass is 35.5. The second-order valence-electron chi connectivity index (χ2n) is 7.17. The molecule has 1 fully saturated rings. The van der Waals surface area contributed by atoms with Gasteiger partial charge in [-0.2, -0.15) is 0 Å². The van der Waals surface area contributed by atoms with Crippen molar-refractivity contribution >= 4 is 45.8 Å². The SMILES string of the molecule is Nc1ccc2c(c1)[nH]c(=O)n2[C@H]1CCCN(C(=O)Cc2cc(Cl)cc(Cl)c2)C1. The number of aromatic amines is 1. The van der Waals surface area contributed by atoms with Gasteiger partial charge in [0.1, 0.15) is 0 Å². The van der Waals surface area contributed by atoms with Crippen LogP contribution in [0, 0.1) is 0 Å². The van der Waals surface area contributed by atoms with Crippen molar-refractivity contribution in [1.29, 1.82) is 0 Å². The Hall–Kier alpha value is -2.44. The molecular formula is C20H20Cl2N4O2. The lowest BCUT2D eigenvalue weighted by Crippen LogP contribution is -2.43. The van der Waals surface area contributed by atoms with Gasteiger partial charge >= 0.3 is 5.69 Å². The van der Waals surface area contributed by atoms with E-state index in [1.165, 1.54) is 0 Å². The number of aromatic nitrogens is 2. The summed E-state index contributed by atoms with van der Waals surface area (Å²) in [5, 5.41) is 1.02. The quantitative estimate of drug-likeness (QED) is 0.636. The van der Waals surface area contributed by atoms with Gasteiger partial charge in [-0.15, -0.1) is 0 Å². The number of anilines is 1. The number of hydrogen-bond donors (Lipinski definition) is 2. The number of benzene rings is 2. The summed E-state index contributed by atoms with van der Waals surface area (Å²) >= 11 is 12.1. The Morgan fingerprint density at radius 1 is 1.18 bits per heavy atom. The third-order valence-corrected chi connectivity index (χ3v) is 5.57. The van der Waals surface area contributed by atoms with E-state index in [-0.39, 0.29) is 24.1 Å². The number of nitrogen functional groups attached to an aromatic ring is 1. The van der Waals surface area contributed by atoms with Gasteiger partial charge in [0, 0.05) is 28.8 Å². The zero-order valence-electron chi connectivity index (χ0n) is 15.1. The number of nitrogens with zero attached hydrogens (tertiary/aromatic N) is 2. The third-order valence-electron chi connectivity index (χ3n) is 5.13. The molecule has 1 amide bonds. The van der Waals surface area contributed by atoms with Crippen LogP contribution in [0.2, 0.25) is 10.0 Å². The zero-order chi connectivity index (χ0) is 19.8. The molecule has 0 unspecified atom stereocenters. The number of likely N-dealkylation sites (tertiary alicyclic amines) is 1. The third kappa shape index (κ3) is 3.75. The van der Waals surface area contributed by atoms with Crippen molar-refractivity contribution in [2.45, 2.75) is 25.3 Å². The Bertz CT molecular complexity index is 1090. The highest BCUT2D eigenvalue weighted by molar-refractivity contribution is 6.34. The fraction of sp³-hybridized carbons (Fsp3) is 0.300. The fourth-order valence-electron chi connectivity index (χ4n) is 3.90. The topological polar surface area (TPSA) is 84.1 Å². The monoisotopic (exact) mass is 418 g/mol. The number of piperidine rings is 1. The molecule has 1 aliphatic heterocycles. The molecule has 8 heteroatoms. The summed E-state index contributed by atoms with van der Waals surface area (Å²) in [7, 11) is 0. The molecule has 6 nitrogen and oxygen atoms in total. The van der Waals surface area contributed by atoms with E-state index in [1.54, 1.807) is 34.9 Å². The minimum Gasteiger partial charge on any atom is -0.399 e. The molecule has 0 saturated carbocycles. The van der Waals surface area contributed by atoms with E-state index in [2.05, 4.69) is 4.98 Å². The van der Waals surface area contributed by atoms with Crippen molar-refractivity contribution < 1.29 is 4.79 Å². The van der Waals surface area contributed by atoms with Crippen molar-refractivity contribution in [1.82, 2.24) is 14.5 Å². The van der Waals surface area contributed by atoms with Crippen LogP contribution in [0.25, 0.3) is 11.0 Å². The van der Waals surface area contributed by atoms with Crippen LogP contribution < -0.4 is 11.4 Å². The first-order valence-corrected chi connectivity index (χ1v) is 9.89. The molecule has 0 radical (unpaired) electrons. The molecule has 1 saturated heterocycles. The van der Waals surface area contributed by atoms with Gasteiger partial charge in [-0.05, 0) is 54.8 Å². The molecule has 2 aromatic carbocycles. The fourth-order valence-corrected chi connectivity index (χ4v) is 4.47. The normalized spacial score (nSPS) is 17.2. The summed E-state index contributed by atoms with van der Waals surface area (Å²) in [5.41, 5.74) is 8.53. The number of halogens is 2. The Kier molecular flexibility index (Phi) is 5.08. The lowest BCUT2D eigenvalue weighted by molar-refractivity contribution is -0.132. The lowest BCUT2D eigenvalue weighted by atomic mass is 10.0. The van der Waals surface area contributed by atoms with E-state index >= 15 is 0 Å². The van der Waals surface area contributed by atoms with E-state index in [0.717, 1.165) is 23.9 Å². The average Bonchev–Trinajstić information content (AvgIpc) is 2.95. The van der Waals surface area contributed by atoms with Crippen LogP contribution in [0.3, 0.4) is 0 Å². The maximum Gasteiger partial charge on any atom is 0.326 e.